The molecule has 0 bridgehead atoms. The SMILES string of the molecule is CCC(C)SCc1ccc([N+](=O)[O-])cc1. The lowest BCUT2D eigenvalue weighted by atomic mass is 10.2. The molecular weight excluding hydrogens is 210 g/mol. The van der Waals surface area contributed by atoms with E-state index in [1.165, 1.54) is 0 Å². The second-order valence-corrected chi connectivity index (χ2v) is 4.88. The zero-order valence-electron chi connectivity index (χ0n) is 8.97. The van der Waals surface area contributed by atoms with E-state index in [-0.39, 0.29) is 10.6 Å². The van der Waals surface area contributed by atoms with Crippen LogP contribution in [0.15, 0.2) is 24.3 Å². The lowest BCUT2D eigenvalue weighted by Gasteiger charge is -2.07. The van der Waals surface area contributed by atoms with Gasteiger partial charge in [-0.2, -0.15) is 11.8 Å². The van der Waals surface area contributed by atoms with E-state index >= 15 is 0 Å². The molecule has 0 saturated heterocycles. The largest absolute Gasteiger partial charge is 0.269 e. The van der Waals surface area contributed by atoms with Crippen LogP contribution in [0.3, 0.4) is 0 Å². The number of rotatable bonds is 5. The molecule has 1 aromatic carbocycles. The van der Waals surface area contributed by atoms with Gasteiger partial charge in [-0.25, -0.2) is 0 Å². The molecule has 1 rings (SSSR count). The topological polar surface area (TPSA) is 43.1 Å². The Kier molecular flexibility index (Phi) is 4.62. The van der Waals surface area contributed by atoms with Crippen molar-refractivity contribution in [1.29, 1.82) is 0 Å². The maximum atomic E-state index is 10.4. The lowest BCUT2D eigenvalue weighted by molar-refractivity contribution is -0.384. The average molecular weight is 225 g/mol. The molecule has 0 aliphatic rings. The first-order valence-corrected chi connectivity index (χ1v) is 6.03. The van der Waals surface area contributed by atoms with Crippen LogP contribution in [0.25, 0.3) is 0 Å². The predicted molar refractivity (Wildman–Crippen MR) is 64.1 cm³/mol. The number of benzene rings is 1. The van der Waals surface area contributed by atoms with Gasteiger partial charge in [0.2, 0.25) is 0 Å². The molecule has 0 saturated carbocycles. The Morgan fingerprint density at radius 2 is 2.00 bits per heavy atom. The third-order valence-electron chi connectivity index (χ3n) is 2.26. The molecule has 0 N–H and O–H groups in total. The van der Waals surface area contributed by atoms with Crippen molar-refractivity contribution in [1.82, 2.24) is 0 Å². The Morgan fingerprint density at radius 1 is 1.40 bits per heavy atom. The van der Waals surface area contributed by atoms with Gasteiger partial charge in [-0.3, -0.25) is 10.1 Å². The number of nitro groups is 1. The van der Waals surface area contributed by atoms with Crippen molar-refractivity contribution in [3.8, 4) is 0 Å². The molecular formula is C11H15NO2S. The van der Waals surface area contributed by atoms with Crippen LogP contribution in [0.1, 0.15) is 25.8 Å². The van der Waals surface area contributed by atoms with Crippen LogP contribution in [0.4, 0.5) is 5.69 Å². The molecule has 0 aromatic heterocycles. The van der Waals surface area contributed by atoms with Crippen molar-refractivity contribution in [2.24, 2.45) is 0 Å². The van der Waals surface area contributed by atoms with Crippen LogP contribution < -0.4 is 0 Å². The van der Waals surface area contributed by atoms with Crippen LogP contribution in [0.5, 0.6) is 0 Å². The molecule has 0 fully saturated rings. The molecule has 0 radical (unpaired) electrons. The maximum Gasteiger partial charge on any atom is 0.269 e. The highest BCUT2D eigenvalue weighted by atomic mass is 32.2. The van der Waals surface area contributed by atoms with Crippen LogP contribution in [0.2, 0.25) is 0 Å². The van der Waals surface area contributed by atoms with E-state index in [0.29, 0.717) is 5.25 Å². The van der Waals surface area contributed by atoms with Gasteiger partial charge in [0.05, 0.1) is 4.92 Å². The average Bonchev–Trinajstić information content (AvgIpc) is 2.26. The minimum Gasteiger partial charge on any atom is -0.258 e. The molecule has 4 heteroatoms. The fraction of sp³-hybridized carbons (Fsp3) is 0.455. The molecule has 0 aliphatic carbocycles. The highest BCUT2D eigenvalue weighted by Crippen LogP contribution is 2.21. The quantitative estimate of drug-likeness (QED) is 0.567. The van der Waals surface area contributed by atoms with Gasteiger partial charge in [0.15, 0.2) is 0 Å². The smallest absolute Gasteiger partial charge is 0.258 e. The molecule has 1 unspecified atom stereocenters. The number of non-ortho nitro benzene ring substituents is 1. The van der Waals surface area contributed by atoms with Crippen molar-refractivity contribution < 1.29 is 4.92 Å². The van der Waals surface area contributed by atoms with E-state index in [1.54, 1.807) is 12.1 Å². The molecule has 15 heavy (non-hydrogen) atoms. The summed E-state index contributed by atoms with van der Waals surface area (Å²) in [6, 6.07) is 6.78. The van der Waals surface area contributed by atoms with E-state index < -0.39 is 0 Å². The number of hydrogen-bond acceptors (Lipinski definition) is 3. The Labute approximate surface area is 94.0 Å². The monoisotopic (exact) mass is 225 g/mol. The van der Waals surface area contributed by atoms with Gasteiger partial charge in [0.1, 0.15) is 0 Å². The van der Waals surface area contributed by atoms with Gasteiger partial charge in [-0.15, -0.1) is 0 Å². The normalized spacial score (nSPS) is 12.4. The standard InChI is InChI=1S/C11H15NO2S/c1-3-9(2)15-8-10-4-6-11(7-5-10)12(13)14/h4-7,9H,3,8H2,1-2H3. The Morgan fingerprint density at radius 3 is 2.47 bits per heavy atom. The third kappa shape index (κ3) is 3.91. The summed E-state index contributed by atoms with van der Waals surface area (Å²) in [5.74, 6) is 0.924. The van der Waals surface area contributed by atoms with Gasteiger partial charge in [-0.1, -0.05) is 26.0 Å². The summed E-state index contributed by atoms with van der Waals surface area (Å²) in [5, 5.41) is 11.1. The zero-order valence-corrected chi connectivity index (χ0v) is 9.79. The molecule has 0 aliphatic heterocycles. The lowest BCUT2D eigenvalue weighted by Crippen LogP contribution is -1.94. The molecule has 82 valence electrons. The van der Waals surface area contributed by atoms with E-state index in [2.05, 4.69) is 13.8 Å². The number of nitrogens with zero attached hydrogens (tertiary/aromatic N) is 1. The summed E-state index contributed by atoms with van der Waals surface area (Å²) in [6.45, 7) is 4.35. The molecule has 3 nitrogen and oxygen atoms in total. The Hall–Kier alpha value is -1.03. The van der Waals surface area contributed by atoms with Gasteiger partial charge in [0.25, 0.3) is 5.69 Å². The second kappa shape index (κ2) is 5.75. The van der Waals surface area contributed by atoms with E-state index in [1.807, 2.05) is 23.9 Å². The summed E-state index contributed by atoms with van der Waals surface area (Å²) < 4.78 is 0. The molecule has 0 amide bonds. The minimum absolute atomic E-state index is 0.160. The fourth-order valence-corrected chi connectivity index (χ4v) is 1.98. The first kappa shape index (κ1) is 12.0. The van der Waals surface area contributed by atoms with Crippen LogP contribution in [-0.4, -0.2) is 10.2 Å². The Balaban J connectivity index is 2.53. The molecule has 1 atom stereocenters. The summed E-state index contributed by atoms with van der Waals surface area (Å²) in [5.41, 5.74) is 1.30. The van der Waals surface area contributed by atoms with Crippen LogP contribution >= 0.6 is 11.8 Å². The van der Waals surface area contributed by atoms with Crippen molar-refractivity contribution >= 4 is 17.4 Å². The van der Waals surface area contributed by atoms with Gasteiger partial charge in [-0.05, 0) is 12.0 Å². The minimum atomic E-state index is -0.369. The molecule has 0 spiro atoms. The fourth-order valence-electron chi connectivity index (χ4n) is 1.07. The van der Waals surface area contributed by atoms with Gasteiger partial charge in [0, 0.05) is 23.1 Å². The summed E-state index contributed by atoms with van der Waals surface area (Å²) in [7, 11) is 0. The summed E-state index contributed by atoms with van der Waals surface area (Å²) in [6.07, 6.45) is 1.15. The van der Waals surface area contributed by atoms with Gasteiger partial charge >= 0.3 is 0 Å². The number of hydrogen-bond donors (Lipinski definition) is 0. The summed E-state index contributed by atoms with van der Waals surface area (Å²) in [4.78, 5) is 10.1. The van der Waals surface area contributed by atoms with E-state index in [9.17, 15) is 10.1 Å². The first-order chi connectivity index (χ1) is 7.13. The highest BCUT2D eigenvalue weighted by molar-refractivity contribution is 7.99. The van der Waals surface area contributed by atoms with Crippen molar-refractivity contribution in [2.75, 3.05) is 0 Å². The predicted octanol–water partition coefficient (Wildman–Crippen LogP) is 3.63. The summed E-state index contributed by atoms with van der Waals surface area (Å²) >= 11 is 1.87. The maximum absolute atomic E-state index is 10.4. The van der Waals surface area contributed by atoms with Crippen LogP contribution in [-0.2, 0) is 5.75 Å². The van der Waals surface area contributed by atoms with Crippen molar-refractivity contribution in [3.05, 3.63) is 39.9 Å². The van der Waals surface area contributed by atoms with Gasteiger partial charge < -0.3 is 0 Å². The van der Waals surface area contributed by atoms with Crippen molar-refractivity contribution in [2.45, 2.75) is 31.3 Å². The van der Waals surface area contributed by atoms with Crippen molar-refractivity contribution in [3.63, 3.8) is 0 Å². The van der Waals surface area contributed by atoms with E-state index in [0.717, 1.165) is 17.7 Å². The Bertz CT molecular complexity index is 324. The number of thioether (sulfide) groups is 1. The number of nitro benzene ring substituents is 1. The highest BCUT2D eigenvalue weighted by Gasteiger charge is 2.05. The van der Waals surface area contributed by atoms with Crippen LogP contribution in [0, 0.1) is 10.1 Å². The first-order valence-electron chi connectivity index (χ1n) is 4.98. The van der Waals surface area contributed by atoms with E-state index in [4.69, 9.17) is 0 Å². The molecule has 1 aromatic rings. The second-order valence-electron chi connectivity index (χ2n) is 3.45. The third-order valence-corrected chi connectivity index (χ3v) is 3.66. The molecule has 0 heterocycles. The zero-order chi connectivity index (χ0) is 11.3.